The van der Waals surface area contributed by atoms with E-state index >= 15 is 0 Å². The van der Waals surface area contributed by atoms with Crippen molar-refractivity contribution in [2.24, 2.45) is 0 Å². The van der Waals surface area contributed by atoms with Crippen molar-refractivity contribution < 1.29 is 0 Å². The van der Waals surface area contributed by atoms with Crippen molar-refractivity contribution in [3.8, 4) is 50.5 Å². The van der Waals surface area contributed by atoms with E-state index in [4.69, 9.17) is 4.98 Å². The van der Waals surface area contributed by atoms with Gasteiger partial charge in [0, 0.05) is 27.6 Å². The van der Waals surface area contributed by atoms with Crippen LogP contribution in [0, 0.1) is 0 Å². The number of aromatic nitrogens is 2. The van der Waals surface area contributed by atoms with Gasteiger partial charge in [-0.15, -0.1) is 0 Å². The zero-order valence-electron chi connectivity index (χ0n) is 32.2. The predicted molar refractivity (Wildman–Crippen MR) is 250 cm³/mol. The Balaban J connectivity index is 1.18. The van der Waals surface area contributed by atoms with Crippen molar-refractivity contribution in [3.63, 3.8) is 0 Å². The van der Waals surface area contributed by atoms with E-state index in [0.717, 1.165) is 44.9 Å². The van der Waals surface area contributed by atoms with Crippen LogP contribution in [0.1, 0.15) is 0 Å². The van der Waals surface area contributed by atoms with E-state index < -0.39 is 0 Å². The maximum absolute atomic E-state index is 5.64. The van der Waals surface area contributed by atoms with E-state index in [1.54, 1.807) is 0 Å². The highest BCUT2D eigenvalue weighted by atomic mass is 15.0. The normalized spacial score (nSPS) is 11.7. The minimum absolute atomic E-state index is 0.924. The van der Waals surface area contributed by atoms with Gasteiger partial charge in [0.05, 0.1) is 22.4 Å². The van der Waals surface area contributed by atoms with E-state index in [2.05, 4.69) is 223 Å². The molecule has 12 rings (SSSR count). The van der Waals surface area contributed by atoms with Crippen molar-refractivity contribution in [3.05, 3.63) is 218 Å². The van der Waals surface area contributed by atoms with Gasteiger partial charge < -0.3 is 4.57 Å². The number of nitrogens with zero attached hydrogens (tertiary/aromatic N) is 2. The average Bonchev–Trinajstić information content (AvgIpc) is 3.65. The largest absolute Gasteiger partial charge is 0.309 e. The quantitative estimate of drug-likeness (QED) is 0.160. The molecule has 0 atom stereocenters. The molecule has 12 aromatic rings. The summed E-state index contributed by atoms with van der Waals surface area (Å²) in [6.45, 7) is 0. The second kappa shape index (κ2) is 13.4. The molecular weight excluding hydrogens is 713 g/mol. The Hall–Kier alpha value is -7.81. The number of fused-ring (bicyclic) bond motifs is 9. The summed E-state index contributed by atoms with van der Waals surface area (Å²) in [6.07, 6.45) is 0. The number of benzene rings is 10. The Morgan fingerprint density at radius 1 is 0.271 bits per heavy atom. The van der Waals surface area contributed by atoms with Crippen LogP contribution in [0.4, 0.5) is 0 Å². The van der Waals surface area contributed by atoms with Crippen molar-refractivity contribution in [2.45, 2.75) is 0 Å². The molecule has 2 heterocycles. The third-order valence-corrected chi connectivity index (χ3v) is 12.1. The minimum atomic E-state index is 0.924. The van der Waals surface area contributed by atoms with E-state index in [1.165, 1.54) is 70.5 Å². The SMILES string of the molecule is c1ccc(-c2cc(-c3cc(-c4cc5ccccc5c5ccccc45)cc(-n4c5ccccc5c5ccccc54)c3)nc(-c3cc4ccccc4c4ccccc34)c2)cc1. The van der Waals surface area contributed by atoms with E-state index in [-0.39, 0.29) is 0 Å². The number of rotatable bonds is 5. The summed E-state index contributed by atoms with van der Waals surface area (Å²) in [7, 11) is 0. The minimum Gasteiger partial charge on any atom is -0.309 e. The average molecular weight is 749 g/mol. The lowest BCUT2D eigenvalue weighted by Crippen LogP contribution is -1.98. The summed E-state index contributed by atoms with van der Waals surface area (Å²) < 4.78 is 2.43. The molecule has 0 spiro atoms. The fraction of sp³-hybridized carbons (Fsp3) is 0. The van der Waals surface area contributed by atoms with Crippen LogP contribution in [0.2, 0.25) is 0 Å². The van der Waals surface area contributed by atoms with Crippen LogP contribution in [-0.2, 0) is 0 Å². The molecule has 2 nitrogen and oxygen atoms in total. The molecule has 2 aromatic heterocycles. The number of hydrogen-bond acceptors (Lipinski definition) is 1. The molecule has 0 aliphatic rings. The van der Waals surface area contributed by atoms with Gasteiger partial charge in [-0.3, -0.25) is 0 Å². The molecule has 2 heteroatoms. The second-order valence-corrected chi connectivity index (χ2v) is 15.5. The van der Waals surface area contributed by atoms with Gasteiger partial charge >= 0.3 is 0 Å². The molecule has 10 aromatic carbocycles. The molecule has 0 aliphatic heterocycles. The highest BCUT2D eigenvalue weighted by molar-refractivity contribution is 6.15. The second-order valence-electron chi connectivity index (χ2n) is 15.5. The van der Waals surface area contributed by atoms with Gasteiger partial charge in [0.1, 0.15) is 0 Å². The molecule has 0 radical (unpaired) electrons. The summed E-state index contributed by atoms with van der Waals surface area (Å²) in [6, 6.07) is 79.5. The zero-order valence-corrected chi connectivity index (χ0v) is 32.2. The number of pyridine rings is 1. The maximum Gasteiger partial charge on any atom is 0.0722 e. The van der Waals surface area contributed by atoms with E-state index in [0.29, 0.717) is 0 Å². The van der Waals surface area contributed by atoms with Gasteiger partial charge in [0.25, 0.3) is 0 Å². The van der Waals surface area contributed by atoms with Crippen LogP contribution < -0.4 is 0 Å². The molecule has 0 unspecified atom stereocenters. The molecule has 0 fully saturated rings. The maximum atomic E-state index is 5.64. The standard InChI is InChI=1S/C57H36N2/c1-2-16-37(17-3-1)40-35-54(58-55(36-40)53-34-39-19-5-7-21-45(39)47-23-9-11-25-49(47)53)42-30-41(52-33-38-18-4-6-20-44(38)46-22-8-10-24-48(46)52)31-43(32-42)59-56-28-14-12-26-50(56)51-27-13-15-29-57(51)59/h1-36H. The number of para-hydroxylation sites is 2. The fourth-order valence-corrected chi connectivity index (χ4v) is 9.42. The van der Waals surface area contributed by atoms with Gasteiger partial charge in [-0.1, -0.05) is 164 Å². The Kier molecular flexibility index (Phi) is 7.57. The van der Waals surface area contributed by atoms with Crippen molar-refractivity contribution in [2.75, 3.05) is 0 Å². The monoisotopic (exact) mass is 748 g/mol. The van der Waals surface area contributed by atoms with Crippen molar-refractivity contribution in [1.29, 1.82) is 0 Å². The molecule has 0 aliphatic carbocycles. The third-order valence-electron chi connectivity index (χ3n) is 12.1. The third kappa shape index (κ3) is 5.45. The van der Waals surface area contributed by atoms with Gasteiger partial charge in [0.2, 0.25) is 0 Å². The van der Waals surface area contributed by atoms with E-state index in [1.807, 2.05) is 0 Å². The van der Waals surface area contributed by atoms with Gasteiger partial charge in [-0.2, -0.15) is 0 Å². The van der Waals surface area contributed by atoms with Crippen LogP contribution in [-0.4, -0.2) is 9.55 Å². The molecule has 0 amide bonds. The molecule has 0 saturated heterocycles. The van der Waals surface area contributed by atoms with Crippen LogP contribution in [0.5, 0.6) is 0 Å². The first-order chi connectivity index (χ1) is 29.2. The van der Waals surface area contributed by atoms with Crippen LogP contribution in [0.15, 0.2) is 218 Å². The first-order valence-corrected chi connectivity index (χ1v) is 20.3. The lowest BCUT2D eigenvalue weighted by molar-refractivity contribution is 1.18. The summed E-state index contributed by atoms with van der Waals surface area (Å²) in [5, 5.41) is 12.3. The van der Waals surface area contributed by atoms with Crippen LogP contribution >= 0.6 is 0 Å². The lowest BCUT2D eigenvalue weighted by Gasteiger charge is -2.17. The topological polar surface area (TPSA) is 17.8 Å². The Labute approximate surface area is 341 Å². The Bertz CT molecular complexity index is 3560. The van der Waals surface area contributed by atoms with Crippen LogP contribution in [0.3, 0.4) is 0 Å². The first kappa shape index (κ1) is 33.3. The summed E-state index contributed by atoms with van der Waals surface area (Å²) in [5.74, 6) is 0. The van der Waals surface area contributed by atoms with E-state index in [9.17, 15) is 0 Å². The molecule has 0 saturated carbocycles. The molecule has 0 N–H and O–H groups in total. The Morgan fingerprint density at radius 2 is 0.729 bits per heavy atom. The smallest absolute Gasteiger partial charge is 0.0722 e. The summed E-state index contributed by atoms with van der Waals surface area (Å²) in [5.41, 5.74) is 12.1. The molecule has 274 valence electrons. The Morgan fingerprint density at radius 3 is 1.36 bits per heavy atom. The zero-order chi connectivity index (χ0) is 38.9. The predicted octanol–water partition coefficient (Wildman–Crippen LogP) is 15.5. The highest BCUT2D eigenvalue weighted by Gasteiger charge is 2.19. The first-order valence-electron chi connectivity index (χ1n) is 20.3. The molecular formula is C57H36N2. The van der Waals surface area contributed by atoms with Crippen LogP contribution in [0.25, 0.3) is 115 Å². The van der Waals surface area contributed by atoms with Gasteiger partial charge in [0.15, 0.2) is 0 Å². The summed E-state index contributed by atoms with van der Waals surface area (Å²) >= 11 is 0. The number of hydrogen-bond donors (Lipinski definition) is 0. The highest BCUT2D eigenvalue weighted by Crippen LogP contribution is 2.42. The molecule has 0 bridgehead atoms. The van der Waals surface area contributed by atoms with Crippen molar-refractivity contribution in [1.82, 2.24) is 9.55 Å². The lowest BCUT2D eigenvalue weighted by atomic mass is 9.91. The fourth-order valence-electron chi connectivity index (χ4n) is 9.42. The summed E-state index contributed by atoms with van der Waals surface area (Å²) in [4.78, 5) is 5.64. The van der Waals surface area contributed by atoms with Crippen molar-refractivity contribution >= 4 is 64.9 Å². The van der Waals surface area contributed by atoms with Gasteiger partial charge in [-0.25, -0.2) is 4.98 Å². The van der Waals surface area contributed by atoms with Gasteiger partial charge in [-0.05, 0) is 120 Å². The molecule has 59 heavy (non-hydrogen) atoms.